The number of aliphatic hydroxyl groups is 1. The second kappa shape index (κ2) is 12.6. The number of carbonyl (C=O) groups excluding carboxylic acids is 1. The molecule has 2 aromatic carbocycles. The number of ketones is 1. The Morgan fingerprint density at radius 1 is 1.05 bits per heavy atom. The van der Waals surface area contributed by atoms with Crippen LogP contribution in [0, 0.1) is 6.21 Å². The van der Waals surface area contributed by atoms with E-state index in [2.05, 4.69) is 77.9 Å². The van der Waals surface area contributed by atoms with E-state index in [1.807, 2.05) is 12.4 Å². The second-order valence-electron chi connectivity index (χ2n) is 10.5. The monoisotopic (exact) mass is 554 g/mol. The first-order valence-corrected chi connectivity index (χ1v) is 14.4. The van der Waals surface area contributed by atoms with Gasteiger partial charge in [-0.05, 0) is 43.2 Å². The number of morpholine rings is 1. The smallest absolute Gasteiger partial charge is 0.365 e. The Morgan fingerprint density at radius 2 is 1.88 bits per heavy atom. The summed E-state index contributed by atoms with van der Waals surface area (Å²) < 4.78 is 9.58. The number of aryl methyl sites for hydroxylation is 1. The molecular formula is C31H36N7O3+. The van der Waals surface area contributed by atoms with Crippen LogP contribution in [0.3, 0.4) is 0 Å². The van der Waals surface area contributed by atoms with Gasteiger partial charge in [0.1, 0.15) is 24.7 Å². The molecule has 6 rings (SSSR count). The van der Waals surface area contributed by atoms with Crippen molar-refractivity contribution in [3.8, 4) is 11.3 Å². The summed E-state index contributed by atoms with van der Waals surface area (Å²) in [7, 11) is 0. The zero-order chi connectivity index (χ0) is 28.0. The molecule has 2 aromatic heterocycles. The van der Waals surface area contributed by atoms with Crippen LogP contribution in [0.4, 0.5) is 17.2 Å². The van der Waals surface area contributed by atoms with Gasteiger partial charge in [0.25, 0.3) is 0 Å². The van der Waals surface area contributed by atoms with E-state index >= 15 is 0 Å². The maximum atomic E-state index is 11.3. The summed E-state index contributed by atoms with van der Waals surface area (Å²) in [5, 5.41) is 18.1. The Kier molecular flexibility index (Phi) is 8.29. The number of aromatic nitrogens is 4. The van der Waals surface area contributed by atoms with E-state index in [1.54, 1.807) is 0 Å². The number of benzene rings is 2. The van der Waals surface area contributed by atoms with Crippen LogP contribution in [0.2, 0.25) is 0 Å². The van der Waals surface area contributed by atoms with E-state index in [1.165, 1.54) is 5.69 Å². The highest BCUT2D eigenvalue weighted by molar-refractivity contribution is 5.83. The molecule has 0 amide bonds. The van der Waals surface area contributed by atoms with Gasteiger partial charge in [-0.3, -0.25) is 9.48 Å². The number of ether oxygens (including phenoxy) is 1. The van der Waals surface area contributed by atoms with Gasteiger partial charge in [0, 0.05) is 48.4 Å². The first kappa shape index (κ1) is 27.0. The molecular weight excluding hydrogens is 518 g/mol. The minimum absolute atomic E-state index is 0.0831. The molecule has 2 aliphatic rings. The number of carbonyl (C=O) groups is 1. The molecule has 0 spiro atoms. The van der Waals surface area contributed by atoms with E-state index in [0.29, 0.717) is 13.0 Å². The fraction of sp³-hybridized carbons (Fsp3) is 0.387. The molecule has 0 atom stereocenters. The maximum absolute atomic E-state index is 11.3. The van der Waals surface area contributed by atoms with Gasteiger partial charge < -0.3 is 20.1 Å². The van der Waals surface area contributed by atoms with Gasteiger partial charge in [-0.25, -0.2) is 4.98 Å². The highest BCUT2D eigenvalue weighted by Gasteiger charge is 2.18. The van der Waals surface area contributed by atoms with Gasteiger partial charge in [0.15, 0.2) is 12.3 Å². The van der Waals surface area contributed by atoms with Crippen LogP contribution in [0.5, 0.6) is 0 Å². The van der Waals surface area contributed by atoms with E-state index in [9.17, 15) is 4.79 Å². The summed E-state index contributed by atoms with van der Waals surface area (Å²) in [5.41, 5.74) is 5.93. The third-order valence-electron chi connectivity index (χ3n) is 7.67. The highest BCUT2D eigenvalue weighted by atomic mass is 16.5. The molecule has 10 heteroatoms. The van der Waals surface area contributed by atoms with E-state index in [-0.39, 0.29) is 12.4 Å². The van der Waals surface area contributed by atoms with Crippen molar-refractivity contribution in [2.24, 2.45) is 4.99 Å². The highest BCUT2D eigenvalue weighted by Crippen LogP contribution is 2.25. The largest absolute Gasteiger partial charge is 0.389 e. The van der Waals surface area contributed by atoms with Crippen LogP contribution < -0.4 is 19.9 Å². The Bertz CT molecular complexity index is 1640. The van der Waals surface area contributed by atoms with Crippen LogP contribution in [-0.2, 0) is 16.1 Å². The van der Waals surface area contributed by atoms with Crippen LogP contribution >= 0.6 is 0 Å². The molecule has 0 aliphatic carbocycles. The lowest BCUT2D eigenvalue weighted by Crippen LogP contribution is -2.37. The van der Waals surface area contributed by atoms with Crippen molar-refractivity contribution in [1.29, 1.82) is 0 Å². The van der Waals surface area contributed by atoms with Gasteiger partial charge >= 0.3 is 5.49 Å². The zero-order valence-corrected chi connectivity index (χ0v) is 23.2. The Morgan fingerprint density at radius 3 is 2.71 bits per heavy atom. The van der Waals surface area contributed by atoms with Gasteiger partial charge in [-0.2, -0.15) is 9.34 Å². The fourth-order valence-electron chi connectivity index (χ4n) is 5.39. The summed E-state index contributed by atoms with van der Waals surface area (Å²) >= 11 is 0. The average Bonchev–Trinajstić information content (AvgIpc) is 3.66. The number of hydrogen-bond donors (Lipinski definition) is 2. The van der Waals surface area contributed by atoms with Crippen molar-refractivity contribution < 1.29 is 18.9 Å². The molecule has 0 bridgehead atoms. The molecule has 0 unspecified atom stereocenters. The number of fused-ring (bicyclic) bond motifs is 2. The Hall–Kier alpha value is -4.15. The van der Waals surface area contributed by atoms with Crippen molar-refractivity contribution in [1.82, 2.24) is 14.8 Å². The first-order chi connectivity index (χ1) is 20.2. The topological polar surface area (TPSA) is 111 Å². The standard InChI is InChI=1S/C31H36N7O3/c39-22-27(40)5-3-1-2-4-13-38-29-19-23(6-7-24(29)20-33-38)28-21-37-14-12-32-31(37)30(35-28)34-25-8-10-26(11-9-25)36-15-17-41-18-16-36/h6-11,14,19-21,39H,1-5,12-13,15-18,22H2,(H,34,35)/q+1. The third kappa shape index (κ3) is 6.28. The maximum Gasteiger partial charge on any atom is 0.365 e. The average molecular weight is 555 g/mol. The van der Waals surface area contributed by atoms with Crippen LogP contribution in [0.15, 0.2) is 59.9 Å². The van der Waals surface area contributed by atoms with Crippen LogP contribution in [0.25, 0.3) is 22.2 Å². The van der Waals surface area contributed by atoms with Gasteiger partial charge in [-0.1, -0.05) is 30.0 Å². The number of Topliss-reactive ketones (excluding diaryl/α,β-unsaturated/α-hetero) is 1. The number of hydrogen-bond acceptors (Lipinski definition) is 8. The van der Waals surface area contributed by atoms with Gasteiger partial charge in [0.2, 0.25) is 5.82 Å². The number of nitrogens with zero attached hydrogens (tertiary/aromatic N) is 6. The molecule has 41 heavy (non-hydrogen) atoms. The van der Waals surface area contributed by atoms with E-state index < -0.39 is 0 Å². The molecule has 0 radical (unpaired) electrons. The van der Waals surface area contributed by atoms with Gasteiger partial charge in [-0.15, -0.1) is 0 Å². The Balaban J connectivity index is 1.19. The molecule has 2 aliphatic heterocycles. The van der Waals surface area contributed by atoms with Crippen LogP contribution in [0.1, 0.15) is 32.1 Å². The van der Waals surface area contributed by atoms with E-state index in [4.69, 9.17) is 14.8 Å². The summed E-state index contributed by atoms with van der Waals surface area (Å²) in [4.78, 5) is 23.3. The number of rotatable bonds is 12. The summed E-state index contributed by atoms with van der Waals surface area (Å²) in [5.74, 6) is 0.642. The number of anilines is 3. The predicted molar refractivity (Wildman–Crippen MR) is 157 cm³/mol. The molecule has 1 saturated heterocycles. The molecule has 4 aromatic rings. The molecule has 2 N–H and O–H groups in total. The summed E-state index contributed by atoms with van der Waals surface area (Å²) in [6.45, 7) is 4.42. The molecule has 4 heterocycles. The predicted octanol–water partition coefficient (Wildman–Crippen LogP) is 3.12. The zero-order valence-electron chi connectivity index (χ0n) is 23.2. The molecule has 10 nitrogen and oxygen atoms in total. The molecule has 1 fully saturated rings. The normalized spacial score (nSPS) is 14.5. The first-order valence-electron chi connectivity index (χ1n) is 14.4. The minimum atomic E-state index is -0.355. The minimum Gasteiger partial charge on any atom is -0.389 e. The lowest BCUT2D eigenvalue weighted by molar-refractivity contribution is -0.521. The number of aliphatic hydroxyl groups excluding tert-OH is 1. The van der Waals surface area contributed by atoms with E-state index in [0.717, 1.165) is 97.7 Å². The molecule has 212 valence electrons. The number of unbranched alkanes of at least 4 members (excludes halogenated alkanes) is 3. The van der Waals surface area contributed by atoms with Gasteiger partial charge in [0.05, 0.1) is 24.9 Å². The lowest BCUT2D eigenvalue weighted by Gasteiger charge is -2.28. The second-order valence-corrected chi connectivity index (χ2v) is 10.5. The van der Waals surface area contributed by atoms with Crippen LogP contribution in [-0.4, -0.2) is 65.1 Å². The van der Waals surface area contributed by atoms with Crippen molar-refractivity contribution in [2.75, 3.05) is 49.7 Å². The molecule has 0 saturated carbocycles. The lowest BCUT2D eigenvalue weighted by atomic mass is 10.1. The van der Waals surface area contributed by atoms with Crippen molar-refractivity contribution in [3.63, 3.8) is 0 Å². The fourth-order valence-corrected chi connectivity index (χ4v) is 5.39. The summed E-state index contributed by atoms with van der Waals surface area (Å²) in [6.07, 6.45) is 10.3. The summed E-state index contributed by atoms with van der Waals surface area (Å²) in [6, 6.07) is 14.8. The quantitative estimate of drug-likeness (QED) is 0.205. The van der Waals surface area contributed by atoms with Crippen molar-refractivity contribution in [2.45, 2.75) is 38.6 Å². The Labute approximate surface area is 238 Å². The SMILES string of the molecule is O=C(CO)CCCCCCn1ncc2ccc(-c3c[n+]4c(c(Nc5ccc(N6CCOCC6)cc5)n3)=NCC=4)cc21. The van der Waals surface area contributed by atoms with Crippen molar-refractivity contribution in [3.05, 3.63) is 66.6 Å². The number of nitrogens with one attached hydrogen (secondary N) is 1. The third-order valence-corrected chi connectivity index (χ3v) is 7.67. The van der Waals surface area contributed by atoms with Crippen molar-refractivity contribution >= 4 is 33.9 Å².